The molecule has 2 saturated carbocycles. The van der Waals surface area contributed by atoms with Gasteiger partial charge in [0, 0.05) is 0 Å². The third kappa shape index (κ3) is 4.22. The predicted octanol–water partition coefficient (Wildman–Crippen LogP) is 3.14. The van der Waals surface area contributed by atoms with Crippen molar-refractivity contribution in [1.82, 2.24) is 0 Å². The molecule has 0 aromatic rings. The van der Waals surface area contributed by atoms with Gasteiger partial charge >= 0.3 is 11.9 Å². The minimum absolute atomic E-state index is 0.00319. The topological polar surface area (TPSA) is 63.6 Å². The van der Waals surface area contributed by atoms with E-state index in [1.807, 2.05) is 0 Å². The van der Waals surface area contributed by atoms with E-state index >= 15 is 0 Å². The predicted molar refractivity (Wildman–Crippen MR) is 70.7 cm³/mol. The molecule has 2 aliphatic carbocycles. The van der Waals surface area contributed by atoms with E-state index < -0.39 is 5.97 Å². The Morgan fingerprint density at radius 1 is 0.947 bits per heavy atom. The maximum absolute atomic E-state index is 11.6. The van der Waals surface area contributed by atoms with Gasteiger partial charge < -0.3 is 9.84 Å². The molecule has 1 N–H and O–H groups in total. The molecule has 0 spiro atoms. The summed E-state index contributed by atoms with van der Waals surface area (Å²) in [7, 11) is 0. The first-order chi connectivity index (χ1) is 9.16. The Balaban J connectivity index is 1.81. The van der Waals surface area contributed by atoms with E-state index in [4.69, 9.17) is 9.84 Å². The summed E-state index contributed by atoms with van der Waals surface area (Å²) in [4.78, 5) is 22.1. The van der Waals surface area contributed by atoms with E-state index in [0.717, 1.165) is 12.8 Å². The Morgan fingerprint density at radius 3 is 2.37 bits per heavy atom. The third-order valence-corrected chi connectivity index (χ3v) is 4.58. The summed E-state index contributed by atoms with van der Waals surface area (Å²) in [5, 5.41) is 8.57. The van der Waals surface area contributed by atoms with E-state index in [-0.39, 0.29) is 24.9 Å². The van der Waals surface area contributed by atoms with Crippen molar-refractivity contribution in [2.45, 2.75) is 70.3 Å². The van der Waals surface area contributed by atoms with Crippen molar-refractivity contribution in [2.24, 2.45) is 11.8 Å². The standard InChI is InChI=1S/C15H24O4/c16-14(17)9-10-15(18)19-13-8-4-7-12(13)11-5-2-1-3-6-11/h11-13H,1-10H2,(H,16,17). The van der Waals surface area contributed by atoms with Crippen molar-refractivity contribution in [3.63, 3.8) is 0 Å². The second-order valence-corrected chi connectivity index (χ2v) is 5.91. The van der Waals surface area contributed by atoms with Crippen molar-refractivity contribution >= 4 is 11.9 Å². The number of esters is 1. The number of aliphatic carboxylic acids is 1. The number of carboxylic acid groups (broad SMARTS) is 1. The lowest BCUT2D eigenvalue weighted by Crippen LogP contribution is -2.29. The highest BCUT2D eigenvalue weighted by atomic mass is 16.5. The Kier molecular flexibility index (Phi) is 5.23. The van der Waals surface area contributed by atoms with Crippen LogP contribution in [0.2, 0.25) is 0 Å². The highest BCUT2D eigenvalue weighted by molar-refractivity contribution is 5.76. The van der Waals surface area contributed by atoms with E-state index in [1.165, 1.54) is 38.5 Å². The molecule has 0 aliphatic heterocycles. The highest BCUT2D eigenvalue weighted by Gasteiger charge is 2.36. The van der Waals surface area contributed by atoms with Crippen molar-refractivity contribution in [1.29, 1.82) is 0 Å². The van der Waals surface area contributed by atoms with Gasteiger partial charge in [-0.2, -0.15) is 0 Å². The molecule has 0 heterocycles. The van der Waals surface area contributed by atoms with Crippen LogP contribution >= 0.6 is 0 Å². The van der Waals surface area contributed by atoms with Crippen molar-refractivity contribution in [2.75, 3.05) is 0 Å². The second-order valence-electron chi connectivity index (χ2n) is 5.91. The van der Waals surface area contributed by atoms with Gasteiger partial charge in [-0.25, -0.2) is 0 Å². The van der Waals surface area contributed by atoms with Crippen LogP contribution in [-0.2, 0) is 14.3 Å². The summed E-state index contributed by atoms with van der Waals surface area (Å²) in [6.07, 6.45) is 9.68. The van der Waals surface area contributed by atoms with Gasteiger partial charge in [0.25, 0.3) is 0 Å². The van der Waals surface area contributed by atoms with Gasteiger partial charge in [0.15, 0.2) is 0 Å². The molecule has 2 rings (SSSR count). The molecule has 0 bridgehead atoms. The summed E-state index contributed by atoms with van der Waals surface area (Å²) in [5.41, 5.74) is 0. The Hall–Kier alpha value is -1.06. The minimum atomic E-state index is -0.938. The zero-order valence-electron chi connectivity index (χ0n) is 11.5. The van der Waals surface area contributed by atoms with Crippen molar-refractivity contribution < 1.29 is 19.4 Å². The molecule has 108 valence electrons. The number of ether oxygens (including phenoxy) is 1. The number of carbonyl (C=O) groups excluding carboxylic acids is 1. The monoisotopic (exact) mass is 268 g/mol. The molecule has 2 aliphatic rings. The highest BCUT2D eigenvalue weighted by Crippen LogP contribution is 2.40. The largest absolute Gasteiger partial charge is 0.481 e. The lowest BCUT2D eigenvalue weighted by atomic mass is 9.78. The van der Waals surface area contributed by atoms with E-state index in [9.17, 15) is 9.59 Å². The average molecular weight is 268 g/mol. The van der Waals surface area contributed by atoms with Gasteiger partial charge in [-0.1, -0.05) is 32.1 Å². The second kappa shape index (κ2) is 6.92. The Morgan fingerprint density at radius 2 is 1.68 bits per heavy atom. The normalized spacial score (nSPS) is 28.2. The van der Waals surface area contributed by atoms with Crippen LogP contribution in [0.3, 0.4) is 0 Å². The van der Waals surface area contributed by atoms with Crippen molar-refractivity contribution in [3.8, 4) is 0 Å². The number of hydrogen-bond acceptors (Lipinski definition) is 3. The molecule has 0 aromatic carbocycles. The van der Waals surface area contributed by atoms with Gasteiger partial charge in [0.05, 0.1) is 12.8 Å². The van der Waals surface area contributed by atoms with Gasteiger partial charge in [-0.15, -0.1) is 0 Å². The maximum Gasteiger partial charge on any atom is 0.306 e. The summed E-state index contributed by atoms with van der Waals surface area (Å²) < 4.78 is 5.53. The molecule has 2 atom stereocenters. The molecule has 4 nitrogen and oxygen atoms in total. The third-order valence-electron chi connectivity index (χ3n) is 4.58. The molecule has 0 amide bonds. The SMILES string of the molecule is O=C(O)CCC(=O)OC1CCCC1C1CCCCC1. The number of rotatable bonds is 5. The average Bonchev–Trinajstić information content (AvgIpc) is 2.85. The molecule has 2 fully saturated rings. The van der Waals surface area contributed by atoms with Crippen LogP contribution in [0.15, 0.2) is 0 Å². The maximum atomic E-state index is 11.6. The fourth-order valence-electron chi connectivity index (χ4n) is 3.64. The summed E-state index contributed by atoms with van der Waals surface area (Å²) in [6, 6.07) is 0. The van der Waals surface area contributed by atoms with Gasteiger partial charge in [0.1, 0.15) is 6.10 Å². The molecule has 19 heavy (non-hydrogen) atoms. The van der Waals surface area contributed by atoms with E-state index in [0.29, 0.717) is 11.8 Å². The molecule has 2 unspecified atom stereocenters. The van der Waals surface area contributed by atoms with Crippen molar-refractivity contribution in [3.05, 3.63) is 0 Å². The molecule has 0 saturated heterocycles. The molecule has 0 aromatic heterocycles. The lowest BCUT2D eigenvalue weighted by molar-refractivity contribution is -0.154. The Labute approximate surface area is 114 Å². The number of carboxylic acids is 1. The van der Waals surface area contributed by atoms with Crippen LogP contribution in [0, 0.1) is 11.8 Å². The van der Waals surface area contributed by atoms with Crippen LogP contribution in [-0.4, -0.2) is 23.1 Å². The van der Waals surface area contributed by atoms with Crippen LogP contribution < -0.4 is 0 Å². The smallest absolute Gasteiger partial charge is 0.306 e. The van der Waals surface area contributed by atoms with Gasteiger partial charge in [-0.05, 0) is 31.1 Å². The van der Waals surface area contributed by atoms with Gasteiger partial charge in [0.2, 0.25) is 0 Å². The number of carbonyl (C=O) groups is 2. The summed E-state index contributed by atoms with van der Waals surface area (Å²) in [5.74, 6) is -0.0371. The first-order valence-electron chi connectivity index (χ1n) is 7.58. The molecule has 0 radical (unpaired) electrons. The molecular formula is C15H24O4. The zero-order chi connectivity index (χ0) is 13.7. The van der Waals surface area contributed by atoms with Crippen LogP contribution in [0.4, 0.5) is 0 Å². The fraction of sp³-hybridized carbons (Fsp3) is 0.867. The van der Waals surface area contributed by atoms with Gasteiger partial charge in [-0.3, -0.25) is 9.59 Å². The first kappa shape index (κ1) is 14.4. The molecular weight excluding hydrogens is 244 g/mol. The quantitative estimate of drug-likeness (QED) is 0.778. The van der Waals surface area contributed by atoms with Crippen LogP contribution in [0.25, 0.3) is 0 Å². The Bertz CT molecular complexity index is 320. The lowest BCUT2D eigenvalue weighted by Gasteiger charge is -2.31. The zero-order valence-corrected chi connectivity index (χ0v) is 11.5. The summed E-state index contributed by atoms with van der Waals surface area (Å²) in [6.45, 7) is 0. The van der Waals surface area contributed by atoms with Crippen LogP contribution in [0.1, 0.15) is 64.2 Å². The van der Waals surface area contributed by atoms with E-state index in [2.05, 4.69) is 0 Å². The first-order valence-corrected chi connectivity index (χ1v) is 7.58. The number of hydrogen-bond donors (Lipinski definition) is 1. The van der Waals surface area contributed by atoms with Crippen LogP contribution in [0.5, 0.6) is 0 Å². The molecule has 4 heteroatoms. The fourth-order valence-corrected chi connectivity index (χ4v) is 3.64. The minimum Gasteiger partial charge on any atom is -0.481 e. The van der Waals surface area contributed by atoms with E-state index in [1.54, 1.807) is 0 Å². The summed E-state index contributed by atoms with van der Waals surface area (Å²) >= 11 is 0.